The Morgan fingerprint density at radius 1 is 1.12 bits per heavy atom. The lowest BCUT2D eigenvalue weighted by atomic mass is 10.2. The summed E-state index contributed by atoms with van der Waals surface area (Å²) in [6.45, 7) is 3.22. The van der Waals surface area contributed by atoms with Crippen LogP contribution in [0.4, 0.5) is 15.8 Å². The smallest absolute Gasteiger partial charge is 0.237 e. The largest absolute Gasteiger partial charge is 0.494 e. The SMILES string of the molecule is COc1cc(F)ccc1NC(=O)C(C)Sc1ccc(NC(C)=O)cc1. The summed E-state index contributed by atoms with van der Waals surface area (Å²) in [5, 5.41) is 5.05. The number of hydrogen-bond acceptors (Lipinski definition) is 4. The van der Waals surface area contributed by atoms with Crippen molar-refractivity contribution >= 4 is 35.0 Å². The maximum absolute atomic E-state index is 13.2. The first kappa shape index (κ1) is 18.8. The van der Waals surface area contributed by atoms with Gasteiger partial charge in [0.15, 0.2) is 0 Å². The van der Waals surface area contributed by atoms with Crippen LogP contribution < -0.4 is 15.4 Å². The highest BCUT2D eigenvalue weighted by molar-refractivity contribution is 8.00. The summed E-state index contributed by atoms with van der Waals surface area (Å²) in [6.07, 6.45) is 0. The van der Waals surface area contributed by atoms with Crippen molar-refractivity contribution < 1.29 is 18.7 Å². The fourth-order valence-electron chi connectivity index (χ4n) is 2.08. The molecule has 1 atom stereocenters. The number of thioether (sulfide) groups is 1. The summed E-state index contributed by atoms with van der Waals surface area (Å²) in [5.41, 5.74) is 1.12. The molecule has 0 aliphatic heterocycles. The van der Waals surface area contributed by atoms with Crippen molar-refractivity contribution in [1.29, 1.82) is 0 Å². The number of hydrogen-bond donors (Lipinski definition) is 2. The molecule has 2 amide bonds. The van der Waals surface area contributed by atoms with E-state index in [0.29, 0.717) is 11.4 Å². The summed E-state index contributed by atoms with van der Waals surface area (Å²) in [7, 11) is 1.42. The van der Waals surface area contributed by atoms with Crippen LogP contribution in [0.2, 0.25) is 0 Å². The molecule has 1 unspecified atom stereocenters. The van der Waals surface area contributed by atoms with Crippen LogP contribution in [-0.4, -0.2) is 24.2 Å². The molecule has 25 heavy (non-hydrogen) atoms. The molecule has 2 aromatic rings. The second-order valence-corrected chi connectivity index (χ2v) is 6.71. The van der Waals surface area contributed by atoms with Crippen LogP contribution in [0, 0.1) is 5.82 Å². The maximum Gasteiger partial charge on any atom is 0.237 e. The minimum absolute atomic E-state index is 0.138. The Hall–Kier alpha value is -2.54. The van der Waals surface area contributed by atoms with E-state index in [0.717, 1.165) is 4.90 Å². The Balaban J connectivity index is 1.99. The highest BCUT2D eigenvalue weighted by Crippen LogP contribution is 2.28. The molecule has 2 aromatic carbocycles. The van der Waals surface area contributed by atoms with E-state index in [2.05, 4.69) is 10.6 Å². The van der Waals surface area contributed by atoms with E-state index in [1.165, 1.54) is 44.0 Å². The molecule has 0 aliphatic carbocycles. The first-order chi connectivity index (χ1) is 11.9. The van der Waals surface area contributed by atoms with E-state index < -0.39 is 5.82 Å². The van der Waals surface area contributed by atoms with Crippen molar-refractivity contribution in [3.05, 3.63) is 48.3 Å². The number of benzene rings is 2. The predicted octanol–water partition coefficient (Wildman–Crippen LogP) is 3.91. The number of ether oxygens (including phenoxy) is 1. The summed E-state index contributed by atoms with van der Waals surface area (Å²) >= 11 is 1.38. The number of halogens is 1. The minimum atomic E-state index is -0.434. The summed E-state index contributed by atoms with van der Waals surface area (Å²) in [4.78, 5) is 24.2. The molecule has 132 valence electrons. The summed E-state index contributed by atoms with van der Waals surface area (Å²) in [5.74, 6) is -0.524. The van der Waals surface area contributed by atoms with Crippen LogP contribution >= 0.6 is 11.8 Å². The molecule has 0 bridgehead atoms. The van der Waals surface area contributed by atoms with Gasteiger partial charge < -0.3 is 15.4 Å². The summed E-state index contributed by atoms with van der Waals surface area (Å²) < 4.78 is 18.3. The topological polar surface area (TPSA) is 67.4 Å². The van der Waals surface area contributed by atoms with Crippen molar-refractivity contribution in [2.24, 2.45) is 0 Å². The molecule has 0 saturated carbocycles. The average Bonchev–Trinajstić information content (AvgIpc) is 2.57. The van der Waals surface area contributed by atoms with Gasteiger partial charge in [-0.1, -0.05) is 0 Å². The third kappa shape index (κ3) is 5.49. The maximum atomic E-state index is 13.2. The van der Waals surface area contributed by atoms with E-state index >= 15 is 0 Å². The van der Waals surface area contributed by atoms with Crippen LogP contribution in [0.5, 0.6) is 5.75 Å². The standard InChI is InChI=1S/C18H19FN2O3S/c1-11(25-15-7-5-14(6-8-15)20-12(2)22)18(23)21-16-9-4-13(19)10-17(16)24-3/h4-11H,1-3H3,(H,20,22)(H,21,23). The minimum Gasteiger partial charge on any atom is -0.494 e. The van der Waals surface area contributed by atoms with Crippen molar-refractivity contribution in [1.82, 2.24) is 0 Å². The highest BCUT2D eigenvalue weighted by atomic mass is 32.2. The molecule has 0 aromatic heterocycles. The zero-order chi connectivity index (χ0) is 18.4. The molecule has 0 heterocycles. The number of anilines is 2. The number of nitrogens with one attached hydrogen (secondary N) is 2. The monoisotopic (exact) mass is 362 g/mol. The fourth-order valence-corrected chi connectivity index (χ4v) is 2.95. The molecule has 0 fully saturated rings. The van der Waals surface area contributed by atoms with Gasteiger partial charge >= 0.3 is 0 Å². The Bertz CT molecular complexity index is 765. The van der Waals surface area contributed by atoms with Gasteiger partial charge in [0.1, 0.15) is 11.6 Å². The van der Waals surface area contributed by atoms with Crippen molar-refractivity contribution in [3.8, 4) is 5.75 Å². The Kier molecular flexibility index (Phi) is 6.41. The van der Waals surface area contributed by atoms with Gasteiger partial charge in [-0.25, -0.2) is 4.39 Å². The van der Waals surface area contributed by atoms with Crippen LogP contribution in [0.25, 0.3) is 0 Å². The molecule has 7 heteroatoms. The molecule has 0 radical (unpaired) electrons. The van der Waals surface area contributed by atoms with E-state index in [1.807, 2.05) is 12.1 Å². The first-order valence-electron chi connectivity index (χ1n) is 7.57. The lowest BCUT2D eigenvalue weighted by Crippen LogP contribution is -2.22. The zero-order valence-electron chi connectivity index (χ0n) is 14.1. The number of carbonyl (C=O) groups is 2. The van der Waals surface area contributed by atoms with Gasteiger partial charge in [-0.15, -0.1) is 11.8 Å². The van der Waals surface area contributed by atoms with Gasteiger partial charge in [0.05, 0.1) is 18.0 Å². The normalized spacial score (nSPS) is 11.5. The molecule has 5 nitrogen and oxygen atoms in total. The lowest BCUT2D eigenvalue weighted by molar-refractivity contribution is -0.115. The van der Waals surface area contributed by atoms with Crippen LogP contribution in [0.3, 0.4) is 0 Å². The van der Waals surface area contributed by atoms with Crippen molar-refractivity contribution in [2.45, 2.75) is 24.0 Å². The molecule has 0 aliphatic rings. The van der Waals surface area contributed by atoms with Crippen LogP contribution in [-0.2, 0) is 9.59 Å². The Morgan fingerprint density at radius 3 is 2.40 bits per heavy atom. The van der Waals surface area contributed by atoms with Crippen LogP contribution in [0.15, 0.2) is 47.4 Å². The number of amides is 2. The second-order valence-electron chi connectivity index (χ2n) is 5.30. The number of rotatable bonds is 6. The fraction of sp³-hybridized carbons (Fsp3) is 0.222. The molecule has 0 spiro atoms. The van der Waals surface area contributed by atoms with Gasteiger partial charge in [0.25, 0.3) is 0 Å². The average molecular weight is 362 g/mol. The van der Waals surface area contributed by atoms with E-state index in [-0.39, 0.29) is 22.8 Å². The Labute approximate surface area is 150 Å². The third-order valence-corrected chi connectivity index (χ3v) is 4.39. The number of carbonyl (C=O) groups excluding carboxylic acids is 2. The molecular weight excluding hydrogens is 343 g/mol. The van der Waals surface area contributed by atoms with Crippen LogP contribution in [0.1, 0.15) is 13.8 Å². The van der Waals surface area contributed by atoms with E-state index in [4.69, 9.17) is 4.74 Å². The molecule has 0 saturated heterocycles. The first-order valence-corrected chi connectivity index (χ1v) is 8.45. The molecular formula is C18H19FN2O3S. The lowest BCUT2D eigenvalue weighted by Gasteiger charge is -2.14. The van der Waals surface area contributed by atoms with Gasteiger partial charge in [-0.05, 0) is 43.3 Å². The highest BCUT2D eigenvalue weighted by Gasteiger charge is 2.16. The zero-order valence-corrected chi connectivity index (χ0v) is 14.9. The van der Waals surface area contributed by atoms with E-state index in [9.17, 15) is 14.0 Å². The quantitative estimate of drug-likeness (QED) is 0.765. The number of methoxy groups -OCH3 is 1. The molecule has 2 N–H and O–H groups in total. The predicted molar refractivity (Wildman–Crippen MR) is 97.6 cm³/mol. The second kappa shape index (κ2) is 8.53. The Morgan fingerprint density at radius 2 is 1.80 bits per heavy atom. The van der Waals surface area contributed by atoms with E-state index in [1.54, 1.807) is 19.1 Å². The molecule has 2 rings (SSSR count). The van der Waals surface area contributed by atoms with Gasteiger partial charge in [-0.2, -0.15) is 0 Å². The third-order valence-electron chi connectivity index (χ3n) is 3.28. The van der Waals surface area contributed by atoms with Gasteiger partial charge in [0.2, 0.25) is 11.8 Å². The van der Waals surface area contributed by atoms with Gasteiger partial charge in [-0.3, -0.25) is 9.59 Å². The van der Waals surface area contributed by atoms with Gasteiger partial charge in [0, 0.05) is 23.6 Å². The van der Waals surface area contributed by atoms with Crippen molar-refractivity contribution in [2.75, 3.05) is 17.7 Å². The summed E-state index contributed by atoms with van der Waals surface area (Å²) in [6, 6.07) is 11.2. The van der Waals surface area contributed by atoms with Crippen molar-refractivity contribution in [3.63, 3.8) is 0 Å².